The minimum absolute atomic E-state index is 0.127. The summed E-state index contributed by atoms with van der Waals surface area (Å²) in [5.41, 5.74) is 14.5. The van der Waals surface area contributed by atoms with Crippen molar-refractivity contribution in [3.63, 3.8) is 0 Å². The molecule has 6 N–H and O–H groups in total. The summed E-state index contributed by atoms with van der Waals surface area (Å²) < 4.78 is 6.07. The van der Waals surface area contributed by atoms with Crippen LogP contribution in [0.3, 0.4) is 0 Å². The highest BCUT2D eigenvalue weighted by atomic mass is 16.5. The lowest BCUT2D eigenvalue weighted by Gasteiger charge is -2.28. The maximum atomic E-state index is 9.69. The van der Waals surface area contributed by atoms with Crippen LogP contribution >= 0.6 is 0 Å². The van der Waals surface area contributed by atoms with Crippen molar-refractivity contribution in [3.8, 4) is 17.2 Å². The Morgan fingerprint density at radius 3 is 2.38 bits per heavy atom. The Labute approximate surface area is 139 Å². The van der Waals surface area contributed by atoms with Gasteiger partial charge in [0.1, 0.15) is 17.2 Å². The van der Waals surface area contributed by atoms with E-state index in [0.29, 0.717) is 11.3 Å². The quantitative estimate of drug-likeness (QED) is 0.651. The molecule has 2 aromatic rings. The molecule has 0 spiro atoms. The van der Waals surface area contributed by atoms with Crippen molar-refractivity contribution in [1.82, 2.24) is 0 Å². The van der Waals surface area contributed by atoms with Crippen LogP contribution in [0.15, 0.2) is 66.5 Å². The van der Waals surface area contributed by atoms with E-state index in [2.05, 4.69) is 0 Å². The van der Waals surface area contributed by atoms with E-state index >= 15 is 0 Å². The highest BCUT2D eigenvalue weighted by molar-refractivity contribution is 5.89. The molecule has 0 fully saturated rings. The van der Waals surface area contributed by atoms with Crippen LogP contribution in [0, 0.1) is 0 Å². The van der Waals surface area contributed by atoms with Gasteiger partial charge in [-0.25, -0.2) is 0 Å². The maximum absolute atomic E-state index is 9.69. The highest BCUT2D eigenvalue weighted by Gasteiger charge is 2.26. The Balaban J connectivity index is 2.14. The fourth-order valence-corrected chi connectivity index (χ4v) is 2.66. The van der Waals surface area contributed by atoms with Gasteiger partial charge in [0.2, 0.25) is 0 Å². The Morgan fingerprint density at radius 1 is 1.00 bits per heavy atom. The number of hydrogen-bond acceptors (Lipinski definition) is 5. The topological polar surface area (TPSA) is 102 Å². The summed E-state index contributed by atoms with van der Waals surface area (Å²) in [5, 5.41) is 19.2. The summed E-state index contributed by atoms with van der Waals surface area (Å²) in [6, 6.07) is 11.8. The zero-order chi connectivity index (χ0) is 17.1. The zero-order valence-electron chi connectivity index (χ0n) is 12.9. The van der Waals surface area contributed by atoms with E-state index in [4.69, 9.17) is 16.2 Å². The Hall–Kier alpha value is -3.34. The van der Waals surface area contributed by atoms with E-state index in [9.17, 15) is 10.2 Å². The average Bonchev–Trinajstić information content (AvgIpc) is 2.59. The summed E-state index contributed by atoms with van der Waals surface area (Å²) in [7, 11) is 0. The molecule has 1 atom stereocenters. The van der Waals surface area contributed by atoms with E-state index in [1.165, 1.54) is 12.4 Å². The summed E-state index contributed by atoms with van der Waals surface area (Å²) in [5.74, 6) is 0.878. The summed E-state index contributed by atoms with van der Waals surface area (Å²) in [6.45, 7) is 0. The second kappa shape index (κ2) is 6.42. The van der Waals surface area contributed by atoms with Gasteiger partial charge >= 0.3 is 0 Å². The van der Waals surface area contributed by atoms with Crippen LogP contribution in [0.2, 0.25) is 0 Å². The molecular formula is C19H18N2O3. The van der Waals surface area contributed by atoms with E-state index in [1.54, 1.807) is 36.4 Å². The number of rotatable bonds is 3. The third-order valence-corrected chi connectivity index (χ3v) is 3.82. The van der Waals surface area contributed by atoms with Gasteiger partial charge < -0.3 is 26.4 Å². The maximum Gasteiger partial charge on any atom is 0.151 e. The first-order chi connectivity index (χ1) is 11.6. The molecule has 5 nitrogen and oxygen atoms in total. The molecule has 2 aromatic carbocycles. The molecule has 122 valence electrons. The highest BCUT2D eigenvalue weighted by Crippen LogP contribution is 2.39. The third kappa shape index (κ3) is 2.92. The van der Waals surface area contributed by atoms with E-state index in [0.717, 1.165) is 16.7 Å². The van der Waals surface area contributed by atoms with E-state index < -0.39 is 6.10 Å². The normalized spacial score (nSPS) is 17.2. The van der Waals surface area contributed by atoms with Crippen molar-refractivity contribution in [2.24, 2.45) is 11.5 Å². The molecule has 24 heavy (non-hydrogen) atoms. The summed E-state index contributed by atoms with van der Waals surface area (Å²) >= 11 is 0. The van der Waals surface area contributed by atoms with Gasteiger partial charge in [0.25, 0.3) is 0 Å². The summed E-state index contributed by atoms with van der Waals surface area (Å²) in [4.78, 5) is 0. The van der Waals surface area contributed by atoms with Crippen molar-refractivity contribution in [2.75, 3.05) is 0 Å². The molecule has 0 aromatic heterocycles. The second-order valence-electron chi connectivity index (χ2n) is 5.39. The van der Waals surface area contributed by atoms with Gasteiger partial charge in [-0.2, -0.15) is 0 Å². The van der Waals surface area contributed by atoms with Crippen molar-refractivity contribution in [2.45, 2.75) is 6.10 Å². The Morgan fingerprint density at radius 2 is 1.71 bits per heavy atom. The van der Waals surface area contributed by atoms with Gasteiger partial charge in [-0.1, -0.05) is 12.1 Å². The molecular weight excluding hydrogens is 304 g/mol. The van der Waals surface area contributed by atoms with Crippen LogP contribution in [0.25, 0.3) is 11.6 Å². The first-order valence-corrected chi connectivity index (χ1v) is 7.43. The van der Waals surface area contributed by atoms with Gasteiger partial charge in [0, 0.05) is 29.0 Å². The fraction of sp³-hybridized carbons (Fsp3) is 0.0526. The van der Waals surface area contributed by atoms with Crippen LogP contribution in [-0.2, 0) is 0 Å². The Bertz CT molecular complexity index is 836. The molecule has 1 unspecified atom stereocenters. The zero-order valence-corrected chi connectivity index (χ0v) is 12.9. The van der Waals surface area contributed by atoms with Crippen LogP contribution in [0.1, 0.15) is 11.1 Å². The van der Waals surface area contributed by atoms with E-state index in [-0.39, 0.29) is 11.5 Å². The lowest BCUT2D eigenvalue weighted by Crippen LogP contribution is -2.24. The van der Waals surface area contributed by atoms with Gasteiger partial charge in [-0.05, 0) is 48.2 Å². The molecule has 5 heteroatoms. The number of aromatic hydroxyl groups is 2. The van der Waals surface area contributed by atoms with Crippen molar-refractivity contribution in [1.29, 1.82) is 0 Å². The van der Waals surface area contributed by atoms with Gasteiger partial charge in [-0.3, -0.25) is 0 Å². The first kappa shape index (κ1) is 15.6. The van der Waals surface area contributed by atoms with Crippen molar-refractivity contribution >= 4 is 11.6 Å². The molecule has 0 amide bonds. The number of phenols is 2. The lowest BCUT2D eigenvalue weighted by molar-refractivity contribution is 0.291. The fourth-order valence-electron chi connectivity index (χ4n) is 2.66. The SMILES string of the molecule is N/C=C\C(=C/N)C1Oc2cc(O)ccc2C=C1c1ccc(O)cc1. The monoisotopic (exact) mass is 322 g/mol. The predicted molar refractivity (Wildman–Crippen MR) is 94.1 cm³/mol. The molecule has 0 bridgehead atoms. The third-order valence-electron chi connectivity index (χ3n) is 3.82. The molecule has 0 radical (unpaired) electrons. The molecule has 0 saturated heterocycles. The number of nitrogens with two attached hydrogens (primary N) is 2. The number of benzene rings is 2. The van der Waals surface area contributed by atoms with Crippen LogP contribution < -0.4 is 16.2 Å². The number of fused-ring (bicyclic) bond motifs is 1. The standard InChI is InChI=1S/C19H18N2O3/c20-8-7-14(11-21)19-17(12-1-4-15(22)5-2-12)9-13-3-6-16(23)10-18(13)24-19/h1-11,19,22-23H,20-21H2/b8-7-,14-11+. The van der Waals surface area contributed by atoms with Gasteiger partial charge in [0.15, 0.2) is 6.10 Å². The van der Waals surface area contributed by atoms with Crippen LogP contribution in [0.5, 0.6) is 17.2 Å². The van der Waals surface area contributed by atoms with Crippen molar-refractivity contribution < 1.29 is 14.9 Å². The number of ether oxygens (including phenoxy) is 1. The lowest BCUT2D eigenvalue weighted by atomic mass is 9.91. The number of hydrogen-bond donors (Lipinski definition) is 4. The smallest absolute Gasteiger partial charge is 0.151 e. The average molecular weight is 322 g/mol. The second-order valence-corrected chi connectivity index (χ2v) is 5.39. The van der Waals surface area contributed by atoms with E-state index in [1.807, 2.05) is 18.2 Å². The molecule has 3 rings (SSSR count). The first-order valence-electron chi connectivity index (χ1n) is 7.43. The van der Waals surface area contributed by atoms with Crippen LogP contribution in [-0.4, -0.2) is 16.3 Å². The molecule has 1 heterocycles. The van der Waals surface area contributed by atoms with Crippen molar-refractivity contribution in [3.05, 3.63) is 77.6 Å². The Kier molecular flexibility index (Phi) is 4.16. The largest absolute Gasteiger partial charge is 0.508 e. The molecule has 1 aliphatic heterocycles. The summed E-state index contributed by atoms with van der Waals surface area (Å²) in [6.07, 6.45) is 6.01. The molecule has 0 saturated carbocycles. The minimum atomic E-state index is -0.478. The van der Waals surface area contributed by atoms with Gasteiger partial charge in [-0.15, -0.1) is 0 Å². The van der Waals surface area contributed by atoms with Crippen LogP contribution in [0.4, 0.5) is 0 Å². The molecule has 0 aliphatic carbocycles. The predicted octanol–water partition coefficient (Wildman–Crippen LogP) is 2.71. The molecule has 1 aliphatic rings. The number of phenolic OH excluding ortho intramolecular Hbond substituents is 2. The van der Waals surface area contributed by atoms with Gasteiger partial charge in [0.05, 0.1) is 0 Å². The minimum Gasteiger partial charge on any atom is -0.508 e.